The van der Waals surface area contributed by atoms with Gasteiger partial charge >= 0.3 is 0 Å². The molecule has 0 radical (unpaired) electrons. The lowest BCUT2D eigenvalue weighted by atomic mass is 9.99. The normalized spacial score (nSPS) is 31.6. The molecule has 0 N–H and O–H groups in total. The lowest BCUT2D eigenvalue weighted by molar-refractivity contribution is -0.0302. The first kappa shape index (κ1) is 11.4. The van der Waals surface area contributed by atoms with Crippen LogP contribution in [0, 0.1) is 0 Å². The quantitative estimate of drug-likeness (QED) is 0.593. The fourth-order valence-corrected chi connectivity index (χ4v) is 2.71. The average Bonchev–Trinajstić information content (AvgIpc) is 2.15. The van der Waals surface area contributed by atoms with E-state index in [4.69, 9.17) is 0 Å². The second-order valence-corrected chi connectivity index (χ2v) is 6.09. The summed E-state index contributed by atoms with van der Waals surface area (Å²) in [5.74, 6) is 0. The van der Waals surface area contributed by atoms with Crippen molar-refractivity contribution in [3.63, 3.8) is 0 Å². The molecule has 0 bridgehead atoms. The molecule has 0 aromatic heterocycles. The van der Waals surface area contributed by atoms with Crippen LogP contribution >= 0.6 is 0 Å². The molecule has 2 rings (SSSR count). The Morgan fingerprint density at radius 3 is 2.47 bits per heavy atom. The molecule has 1 atom stereocenters. The second-order valence-electron chi connectivity index (χ2n) is 6.09. The standard InChI is InChI=1S/C12H25N3/c1-12(2,3)15-8-7-14-10-13(4)6-5-11(14)9-15/h11H,5-10H2,1-4H3. The first-order chi connectivity index (χ1) is 6.97. The van der Waals surface area contributed by atoms with Gasteiger partial charge in [-0.25, -0.2) is 0 Å². The maximum atomic E-state index is 2.64. The minimum atomic E-state index is 0.343. The predicted octanol–water partition coefficient (Wildman–Crippen LogP) is 1.06. The summed E-state index contributed by atoms with van der Waals surface area (Å²) in [5, 5.41) is 0. The topological polar surface area (TPSA) is 9.72 Å². The van der Waals surface area contributed by atoms with E-state index in [0.717, 1.165) is 6.04 Å². The smallest absolute Gasteiger partial charge is 0.0507 e. The highest BCUT2D eigenvalue weighted by molar-refractivity contribution is 4.90. The summed E-state index contributed by atoms with van der Waals surface area (Å²) in [7, 11) is 2.23. The molecule has 3 heteroatoms. The van der Waals surface area contributed by atoms with Crippen LogP contribution in [0.4, 0.5) is 0 Å². The Hall–Kier alpha value is -0.120. The van der Waals surface area contributed by atoms with Gasteiger partial charge in [0.1, 0.15) is 0 Å². The number of rotatable bonds is 0. The summed E-state index contributed by atoms with van der Waals surface area (Å²) in [6.45, 7) is 13.2. The van der Waals surface area contributed by atoms with E-state index in [1.54, 1.807) is 0 Å². The molecular formula is C12H25N3. The summed E-state index contributed by atoms with van der Waals surface area (Å²) < 4.78 is 0. The maximum Gasteiger partial charge on any atom is 0.0507 e. The van der Waals surface area contributed by atoms with E-state index in [-0.39, 0.29) is 0 Å². The molecule has 0 aromatic carbocycles. The summed E-state index contributed by atoms with van der Waals surface area (Å²) in [6.07, 6.45) is 1.34. The number of hydrogen-bond donors (Lipinski definition) is 0. The van der Waals surface area contributed by atoms with E-state index in [1.165, 1.54) is 39.3 Å². The molecule has 15 heavy (non-hydrogen) atoms. The Balaban J connectivity index is 1.95. The lowest BCUT2D eigenvalue weighted by Crippen LogP contribution is -2.62. The van der Waals surface area contributed by atoms with Crippen LogP contribution < -0.4 is 0 Å². The summed E-state index contributed by atoms with van der Waals surface area (Å²) >= 11 is 0. The van der Waals surface area contributed by atoms with Crippen LogP contribution in [0.5, 0.6) is 0 Å². The van der Waals surface area contributed by atoms with E-state index in [0.29, 0.717) is 5.54 Å². The van der Waals surface area contributed by atoms with Crippen LogP contribution in [-0.2, 0) is 0 Å². The molecule has 2 fully saturated rings. The molecule has 1 unspecified atom stereocenters. The fraction of sp³-hybridized carbons (Fsp3) is 1.00. The van der Waals surface area contributed by atoms with Gasteiger partial charge in [-0.2, -0.15) is 0 Å². The SMILES string of the molecule is CN1CCC2CN(C(C)(C)C)CCN2C1. The van der Waals surface area contributed by atoms with Crippen molar-refractivity contribution in [2.24, 2.45) is 0 Å². The van der Waals surface area contributed by atoms with Crippen molar-refractivity contribution in [3.05, 3.63) is 0 Å². The zero-order chi connectivity index (χ0) is 11.1. The lowest BCUT2D eigenvalue weighted by Gasteiger charge is -2.50. The molecule has 0 aromatic rings. The zero-order valence-corrected chi connectivity index (χ0v) is 10.7. The number of nitrogens with zero attached hydrogens (tertiary/aromatic N) is 3. The summed E-state index contributed by atoms with van der Waals surface area (Å²) in [4.78, 5) is 7.72. The average molecular weight is 211 g/mol. The van der Waals surface area contributed by atoms with E-state index in [1.807, 2.05) is 0 Å². The van der Waals surface area contributed by atoms with Gasteiger partial charge in [0.05, 0.1) is 6.67 Å². The minimum absolute atomic E-state index is 0.343. The van der Waals surface area contributed by atoms with Crippen molar-refractivity contribution in [1.82, 2.24) is 14.7 Å². The molecule has 0 aliphatic carbocycles. The number of fused-ring (bicyclic) bond motifs is 1. The van der Waals surface area contributed by atoms with Crippen molar-refractivity contribution < 1.29 is 0 Å². The summed E-state index contributed by atoms with van der Waals surface area (Å²) in [5.41, 5.74) is 0.343. The van der Waals surface area contributed by atoms with Crippen molar-refractivity contribution in [2.45, 2.75) is 38.8 Å². The highest BCUT2D eigenvalue weighted by Crippen LogP contribution is 2.23. The Morgan fingerprint density at radius 2 is 1.80 bits per heavy atom. The van der Waals surface area contributed by atoms with Gasteiger partial charge in [0.25, 0.3) is 0 Å². The highest BCUT2D eigenvalue weighted by atomic mass is 15.4. The van der Waals surface area contributed by atoms with Gasteiger partial charge in [0, 0.05) is 37.8 Å². The Bertz CT molecular complexity index is 221. The molecule has 2 aliphatic heterocycles. The fourth-order valence-electron chi connectivity index (χ4n) is 2.71. The molecule has 3 nitrogen and oxygen atoms in total. The molecule has 2 aliphatic rings. The van der Waals surface area contributed by atoms with Gasteiger partial charge in [-0.1, -0.05) is 0 Å². The van der Waals surface area contributed by atoms with E-state index in [9.17, 15) is 0 Å². The first-order valence-electron chi connectivity index (χ1n) is 6.14. The van der Waals surface area contributed by atoms with E-state index in [2.05, 4.69) is 42.5 Å². The summed E-state index contributed by atoms with van der Waals surface area (Å²) in [6, 6.07) is 0.800. The largest absolute Gasteiger partial charge is 0.296 e. The van der Waals surface area contributed by atoms with Crippen LogP contribution in [-0.4, -0.2) is 66.2 Å². The number of piperazine rings is 1. The molecule has 2 heterocycles. The first-order valence-corrected chi connectivity index (χ1v) is 6.14. The van der Waals surface area contributed by atoms with E-state index < -0.39 is 0 Å². The molecule has 2 saturated heterocycles. The van der Waals surface area contributed by atoms with Gasteiger partial charge in [-0.15, -0.1) is 0 Å². The van der Waals surface area contributed by atoms with Crippen LogP contribution in [0.3, 0.4) is 0 Å². The Morgan fingerprint density at radius 1 is 1.07 bits per heavy atom. The van der Waals surface area contributed by atoms with Gasteiger partial charge in [-0.3, -0.25) is 14.7 Å². The van der Waals surface area contributed by atoms with Crippen molar-refractivity contribution in [1.29, 1.82) is 0 Å². The van der Waals surface area contributed by atoms with Crippen molar-refractivity contribution >= 4 is 0 Å². The van der Waals surface area contributed by atoms with E-state index >= 15 is 0 Å². The molecule has 0 spiro atoms. The van der Waals surface area contributed by atoms with Crippen LogP contribution in [0.1, 0.15) is 27.2 Å². The van der Waals surface area contributed by atoms with Gasteiger partial charge in [-0.05, 0) is 34.2 Å². The van der Waals surface area contributed by atoms with Crippen molar-refractivity contribution in [3.8, 4) is 0 Å². The van der Waals surface area contributed by atoms with Crippen molar-refractivity contribution in [2.75, 3.05) is 39.9 Å². The van der Waals surface area contributed by atoms with Gasteiger partial charge in [0.15, 0.2) is 0 Å². The molecular weight excluding hydrogens is 186 g/mol. The zero-order valence-electron chi connectivity index (χ0n) is 10.7. The van der Waals surface area contributed by atoms with Crippen LogP contribution in [0.2, 0.25) is 0 Å². The number of hydrogen-bond acceptors (Lipinski definition) is 3. The molecule has 0 amide bonds. The maximum absolute atomic E-state index is 2.64. The molecule has 0 saturated carbocycles. The molecule has 88 valence electrons. The predicted molar refractivity (Wildman–Crippen MR) is 63.9 cm³/mol. The van der Waals surface area contributed by atoms with Gasteiger partial charge in [0.2, 0.25) is 0 Å². The highest BCUT2D eigenvalue weighted by Gasteiger charge is 2.34. The second kappa shape index (κ2) is 4.04. The Labute approximate surface area is 94.0 Å². The van der Waals surface area contributed by atoms with Gasteiger partial charge < -0.3 is 0 Å². The minimum Gasteiger partial charge on any atom is -0.296 e. The monoisotopic (exact) mass is 211 g/mol. The van der Waals surface area contributed by atoms with Crippen LogP contribution in [0.25, 0.3) is 0 Å². The Kier molecular flexibility index (Phi) is 3.06. The third kappa shape index (κ3) is 2.52. The third-order valence-electron chi connectivity index (χ3n) is 3.82. The van der Waals surface area contributed by atoms with Crippen LogP contribution in [0.15, 0.2) is 0 Å². The third-order valence-corrected chi connectivity index (χ3v) is 3.82.